The van der Waals surface area contributed by atoms with Crippen LogP contribution >= 0.6 is 0 Å². The molecule has 1 rings (SSSR count). The standard InChI is InChI=1S/C10H19NO/c1-2-9(8-12)11-10-6-4-3-5-7-10/h2,9-12H,1,3-8H2/t9-/m0/s1. The van der Waals surface area contributed by atoms with Crippen molar-refractivity contribution in [2.75, 3.05) is 6.61 Å². The predicted molar refractivity (Wildman–Crippen MR) is 51.1 cm³/mol. The summed E-state index contributed by atoms with van der Waals surface area (Å²) in [5.74, 6) is 0. The smallest absolute Gasteiger partial charge is 0.0620 e. The van der Waals surface area contributed by atoms with Crippen molar-refractivity contribution in [3.05, 3.63) is 12.7 Å². The average Bonchev–Trinajstić information content (AvgIpc) is 2.16. The van der Waals surface area contributed by atoms with E-state index in [4.69, 9.17) is 5.11 Å². The normalized spacial score (nSPS) is 22.1. The van der Waals surface area contributed by atoms with E-state index in [0.717, 1.165) is 0 Å². The maximum absolute atomic E-state index is 8.92. The highest BCUT2D eigenvalue weighted by Gasteiger charge is 2.15. The Hall–Kier alpha value is -0.340. The minimum absolute atomic E-state index is 0.0908. The molecule has 1 aliphatic carbocycles. The Morgan fingerprint density at radius 1 is 1.42 bits per heavy atom. The van der Waals surface area contributed by atoms with Crippen LogP contribution in [0.15, 0.2) is 12.7 Å². The van der Waals surface area contributed by atoms with Crippen LogP contribution in [0.1, 0.15) is 32.1 Å². The van der Waals surface area contributed by atoms with Crippen LogP contribution in [0.4, 0.5) is 0 Å². The Labute approximate surface area is 74.7 Å². The Morgan fingerprint density at radius 2 is 2.08 bits per heavy atom. The zero-order valence-electron chi connectivity index (χ0n) is 7.63. The lowest BCUT2D eigenvalue weighted by Gasteiger charge is -2.25. The molecule has 1 aliphatic rings. The molecule has 70 valence electrons. The molecule has 0 radical (unpaired) electrons. The van der Waals surface area contributed by atoms with Crippen molar-refractivity contribution in [1.29, 1.82) is 0 Å². The molecule has 0 amide bonds. The molecule has 0 saturated heterocycles. The maximum Gasteiger partial charge on any atom is 0.0620 e. The van der Waals surface area contributed by atoms with E-state index in [1.165, 1.54) is 32.1 Å². The number of nitrogens with one attached hydrogen (secondary N) is 1. The number of aliphatic hydroxyl groups excluding tert-OH is 1. The van der Waals surface area contributed by atoms with Gasteiger partial charge in [-0.25, -0.2) is 0 Å². The topological polar surface area (TPSA) is 32.3 Å². The zero-order valence-corrected chi connectivity index (χ0v) is 7.63. The first-order valence-corrected chi connectivity index (χ1v) is 4.86. The Bertz CT molecular complexity index is 130. The van der Waals surface area contributed by atoms with Crippen LogP contribution in [0.25, 0.3) is 0 Å². The van der Waals surface area contributed by atoms with E-state index < -0.39 is 0 Å². The van der Waals surface area contributed by atoms with E-state index in [1.54, 1.807) is 6.08 Å². The average molecular weight is 169 g/mol. The summed E-state index contributed by atoms with van der Waals surface area (Å²) in [6.45, 7) is 3.84. The molecule has 12 heavy (non-hydrogen) atoms. The molecule has 0 aromatic carbocycles. The Morgan fingerprint density at radius 3 is 2.58 bits per heavy atom. The molecule has 2 nitrogen and oxygen atoms in total. The van der Waals surface area contributed by atoms with Crippen molar-refractivity contribution >= 4 is 0 Å². The molecule has 0 bridgehead atoms. The maximum atomic E-state index is 8.92. The summed E-state index contributed by atoms with van der Waals surface area (Å²) in [5, 5.41) is 12.3. The van der Waals surface area contributed by atoms with Gasteiger partial charge in [0.05, 0.1) is 6.61 Å². The molecule has 2 N–H and O–H groups in total. The Balaban J connectivity index is 2.22. The van der Waals surface area contributed by atoms with Gasteiger partial charge in [0.2, 0.25) is 0 Å². The van der Waals surface area contributed by atoms with Crippen LogP contribution in [0.5, 0.6) is 0 Å². The minimum atomic E-state index is 0.0908. The third kappa shape index (κ3) is 2.95. The van der Waals surface area contributed by atoms with Gasteiger partial charge in [-0.05, 0) is 12.8 Å². The summed E-state index contributed by atoms with van der Waals surface area (Å²) in [5.41, 5.74) is 0. The van der Waals surface area contributed by atoms with Crippen LogP contribution in [0, 0.1) is 0 Å². The molecule has 2 heteroatoms. The van der Waals surface area contributed by atoms with E-state index in [2.05, 4.69) is 11.9 Å². The molecule has 1 atom stereocenters. The largest absolute Gasteiger partial charge is 0.394 e. The third-order valence-corrected chi connectivity index (χ3v) is 2.54. The number of hydrogen-bond acceptors (Lipinski definition) is 2. The van der Waals surface area contributed by atoms with Crippen LogP contribution in [-0.4, -0.2) is 23.8 Å². The lowest BCUT2D eigenvalue weighted by Crippen LogP contribution is -2.40. The molecule has 0 aliphatic heterocycles. The highest BCUT2D eigenvalue weighted by Crippen LogP contribution is 2.17. The summed E-state index contributed by atoms with van der Waals surface area (Å²) in [6, 6.07) is 0.696. The molecule has 1 saturated carbocycles. The SMILES string of the molecule is C=C[C@@H](CO)NC1CCCCC1. The molecule has 1 fully saturated rings. The van der Waals surface area contributed by atoms with Gasteiger partial charge in [-0.3, -0.25) is 0 Å². The number of rotatable bonds is 4. The first-order valence-electron chi connectivity index (χ1n) is 4.86. The molecule has 0 spiro atoms. The van der Waals surface area contributed by atoms with Gasteiger partial charge in [-0.15, -0.1) is 6.58 Å². The van der Waals surface area contributed by atoms with Gasteiger partial charge in [0, 0.05) is 12.1 Å². The van der Waals surface area contributed by atoms with Gasteiger partial charge in [-0.2, -0.15) is 0 Å². The van der Waals surface area contributed by atoms with Crippen molar-refractivity contribution in [2.45, 2.75) is 44.2 Å². The van der Waals surface area contributed by atoms with Gasteiger partial charge in [0.1, 0.15) is 0 Å². The lowest BCUT2D eigenvalue weighted by atomic mass is 9.95. The molecule has 0 heterocycles. The summed E-state index contributed by atoms with van der Waals surface area (Å²) in [6.07, 6.45) is 8.32. The van der Waals surface area contributed by atoms with E-state index in [9.17, 15) is 0 Å². The summed E-state index contributed by atoms with van der Waals surface area (Å²) >= 11 is 0. The van der Waals surface area contributed by atoms with Gasteiger partial charge < -0.3 is 10.4 Å². The first-order chi connectivity index (χ1) is 5.86. The number of aliphatic hydroxyl groups is 1. The van der Waals surface area contributed by atoms with E-state index in [0.29, 0.717) is 6.04 Å². The van der Waals surface area contributed by atoms with Crippen molar-refractivity contribution < 1.29 is 5.11 Å². The monoisotopic (exact) mass is 169 g/mol. The predicted octanol–water partition coefficient (Wildman–Crippen LogP) is 1.46. The van der Waals surface area contributed by atoms with Crippen LogP contribution in [0.3, 0.4) is 0 Å². The Kier molecular flexibility index (Phi) is 4.33. The van der Waals surface area contributed by atoms with Crippen molar-refractivity contribution in [2.24, 2.45) is 0 Å². The van der Waals surface area contributed by atoms with Crippen molar-refractivity contribution in [1.82, 2.24) is 5.32 Å². The van der Waals surface area contributed by atoms with Gasteiger partial charge >= 0.3 is 0 Å². The van der Waals surface area contributed by atoms with E-state index >= 15 is 0 Å². The highest BCUT2D eigenvalue weighted by atomic mass is 16.3. The highest BCUT2D eigenvalue weighted by molar-refractivity contribution is 4.88. The van der Waals surface area contributed by atoms with Gasteiger partial charge in [-0.1, -0.05) is 25.3 Å². The lowest BCUT2D eigenvalue weighted by molar-refractivity contribution is 0.241. The molecule has 0 aromatic heterocycles. The number of hydrogen-bond donors (Lipinski definition) is 2. The summed E-state index contributed by atoms with van der Waals surface area (Å²) in [4.78, 5) is 0. The van der Waals surface area contributed by atoms with Gasteiger partial charge in [0.15, 0.2) is 0 Å². The summed E-state index contributed by atoms with van der Waals surface area (Å²) < 4.78 is 0. The van der Waals surface area contributed by atoms with Gasteiger partial charge in [0.25, 0.3) is 0 Å². The fraction of sp³-hybridized carbons (Fsp3) is 0.800. The molecular formula is C10H19NO. The summed E-state index contributed by atoms with van der Waals surface area (Å²) in [7, 11) is 0. The van der Waals surface area contributed by atoms with E-state index in [1.807, 2.05) is 0 Å². The first kappa shape index (κ1) is 9.75. The van der Waals surface area contributed by atoms with Crippen LogP contribution in [-0.2, 0) is 0 Å². The van der Waals surface area contributed by atoms with E-state index in [-0.39, 0.29) is 12.6 Å². The zero-order chi connectivity index (χ0) is 8.81. The fourth-order valence-corrected chi connectivity index (χ4v) is 1.77. The fourth-order valence-electron chi connectivity index (χ4n) is 1.77. The third-order valence-electron chi connectivity index (χ3n) is 2.54. The molecular weight excluding hydrogens is 150 g/mol. The minimum Gasteiger partial charge on any atom is -0.394 e. The van der Waals surface area contributed by atoms with Crippen molar-refractivity contribution in [3.8, 4) is 0 Å². The molecule has 0 aromatic rings. The second-order valence-electron chi connectivity index (χ2n) is 3.53. The second kappa shape index (κ2) is 5.33. The van der Waals surface area contributed by atoms with Crippen molar-refractivity contribution in [3.63, 3.8) is 0 Å². The second-order valence-corrected chi connectivity index (χ2v) is 3.53. The quantitative estimate of drug-likeness (QED) is 0.624. The van der Waals surface area contributed by atoms with Crippen LogP contribution in [0.2, 0.25) is 0 Å². The van der Waals surface area contributed by atoms with Crippen LogP contribution < -0.4 is 5.32 Å². The molecule has 0 unspecified atom stereocenters.